The normalized spacial score (nSPS) is 18.1. The second kappa shape index (κ2) is 8.39. The number of rotatable bonds is 6. The second-order valence-corrected chi connectivity index (χ2v) is 6.68. The SMILES string of the molecule is CSCC[C@@H](NC(=O)N1CCC(C(C)C)CC1)C(=O)O. The van der Waals surface area contributed by atoms with Crippen LogP contribution in [0.1, 0.15) is 33.1 Å². The number of likely N-dealkylation sites (tertiary alicyclic amines) is 1. The molecule has 116 valence electrons. The highest BCUT2D eigenvalue weighted by atomic mass is 32.2. The summed E-state index contributed by atoms with van der Waals surface area (Å²) in [5.41, 5.74) is 0. The van der Waals surface area contributed by atoms with Gasteiger partial charge in [0.2, 0.25) is 0 Å². The molecule has 5 nitrogen and oxygen atoms in total. The summed E-state index contributed by atoms with van der Waals surface area (Å²) in [6.07, 6.45) is 4.41. The van der Waals surface area contributed by atoms with Crippen LogP contribution >= 0.6 is 11.8 Å². The molecule has 0 unspecified atom stereocenters. The van der Waals surface area contributed by atoms with Gasteiger partial charge in [-0.05, 0) is 43.1 Å². The van der Waals surface area contributed by atoms with Gasteiger partial charge in [0, 0.05) is 13.1 Å². The van der Waals surface area contributed by atoms with E-state index in [1.165, 1.54) is 0 Å². The molecule has 1 heterocycles. The minimum atomic E-state index is -0.954. The molecule has 1 rings (SSSR count). The maximum absolute atomic E-state index is 12.1. The van der Waals surface area contributed by atoms with Crippen molar-refractivity contribution >= 4 is 23.8 Å². The number of nitrogens with one attached hydrogen (secondary N) is 1. The van der Waals surface area contributed by atoms with Crippen molar-refractivity contribution in [1.29, 1.82) is 0 Å². The molecule has 1 aliphatic rings. The Balaban J connectivity index is 2.43. The number of amides is 2. The molecule has 0 radical (unpaired) electrons. The van der Waals surface area contributed by atoms with E-state index in [9.17, 15) is 9.59 Å². The third-order valence-corrected chi connectivity index (χ3v) is 4.62. The number of hydrogen-bond donors (Lipinski definition) is 2. The van der Waals surface area contributed by atoms with Gasteiger partial charge < -0.3 is 15.3 Å². The van der Waals surface area contributed by atoms with E-state index < -0.39 is 12.0 Å². The van der Waals surface area contributed by atoms with Crippen LogP contribution in [0.25, 0.3) is 0 Å². The first kappa shape index (κ1) is 17.1. The number of urea groups is 1. The summed E-state index contributed by atoms with van der Waals surface area (Å²) < 4.78 is 0. The van der Waals surface area contributed by atoms with E-state index in [1.54, 1.807) is 16.7 Å². The second-order valence-electron chi connectivity index (χ2n) is 5.69. The number of nitrogens with zero attached hydrogens (tertiary/aromatic N) is 1. The number of carboxylic acids is 1. The van der Waals surface area contributed by atoms with Crippen molar-refractivity contribution in [3.8, 4) is 0 Å². The third-order valence-electron chi connectivity index (χ3n) is 3.98. The molecule has 0 aromatic carbocycles. The Hall–Kier alpha value is -0.910. The van der Waals surface area contributed by atoms with E-state index in [0.717, 1.165) is 31.7 Å². The monoisotopic (exact) mass is 302 g/mol. The van der Waals surface area contributed by atoms with Crippen LogP contribution in [0.15, 0.2) is 0 Å². The van der Waals surface area contributed by atoms with Crippen molar-refractivity contribution in [3.63, 3.8) is 0 Å². The third kappa shape index (κ3) is 5.23. The Bertz CT molecular complexity index is 328. The molecule has 2 N–H and O–H groups in total. The molecule has 1 saturated heterocycles. The van der Waals surface area contributed by atoms with E-state index in [-0.39, 0.29) is 6.03 Å². The number of carboxylic acid groups (broad SMARTS) is 1. The fourth-order valence-electron chi connectivity index (χ4n) is 2.50. The standard InChI is InChI=1S/C14H26N2O3S/c1-10(2)11-4-7-16(8-5-11)14(19)15-12(13(17)18)6-9-20-3/h10-12H,4-9H2,1-3H3,(H,15,19)(H,17,18)/t12-/m1/s1. The molecule has 0 saturated carbocycles. The molecular weight excluding hydrogens is 276 g/mol. The maximum atomic E-state index is 12.1. The Morgan fingerprint density at radius 2 is 1.95 bits per heavy atom. The number of aliphatic carboxylic acids is 1. The van der Waals surface area contributed by atoms with Crippen molar-refractivity contribution < 1.29 is 14.7 Å². The van der Waals surface area contributed by atoms with Gasteiger partial charge in [-0.2, -0.15) is 11.8 Å². The Kier molecular flexibility index (Phi) is 7.19. The first-order chi connectivity index (χ1) is 9.45. The van der Waals surface area contributed by atoms with Crippen molar-refractivity contribution in [2.24, 2.45) is 11.8 Å². The van der Waals surface area contributed by atoms with Gasteiger partial charge in [-0.1, -0.05) is 13.8 Å². The van der Waals surface area contributed by atoms with Gasteiger partial charge in [0.1, 0.15) is 6.04 Å². The quantitative estimate of drug-likeness (QED) is 0.789. The zero-order valence-electron chi connectivity index (χ0n) is 12.6. The van der Waals surface area contributed by atoms with E-state index in [0.29, 0.717) is 18.3 Å². The number of thioether (sulfide) groups is 1. The largest absolute Gasteiger partial charge is 0.480 e. The molecule has 2 amide bonds. The predicted molar refractivity (Wildman–Crippen MR) is 82.1 cm³/mol. The Morgan fingerprint density at radius 1 is 1.35 bits per heavy atom. The van der Waals surface area contributed by atoms with Crippen molar-refractivity contribution in [2.75, 3.05) is 25.1 Å². The van der Waals surface area contributed by atoms with Gasteiger partial charge >= 0.3 is 12.0 Å². The molecule has 0 bridgehead atoms. The lowest BCUT2D eigenvalue weighted by Crippen LogP contribution is -2.50. The zero-order valence-corrected chi connectivity index (χ0v) is 13.4. The summed E-state index contributed by atoms with van der Waals surface area (Å²) in [5, 5.41) is 11.8. The highest BCUT2D eigenvalue weighted by Crippen LogP contribution is 2.24. The van der Waals surface area contributed by atoms with Gasteiger partial charge in [0.05, 0.1) is 0 Å². The number of hydrogen-bond acceptors (Lipinski definition) is 3. The molecule has 0 aromatic rings. The average molecular weight is 302 g/mol. The molecule has 6 heteroatoms. The summed E-state index contributed by atoms with van der Waals surface area (Å²) in [7, 11) is 0. The van der Waals surface area contributed by atoms with Gasteiger partial charge in [-0.15, -0.1) is 0 Å². The van der Waals surface area contributed by atoms with Gasteiger partial charge in [0.25, 0.3) is 0 Å². The first-order valence-electron chi connectivity index (χ1n) is 7.22. The Labute approximate surface area is 125 Å². The van der Waals surface area contributed by atoms with Crippen molar-refractivity contribution in [1.82, 2.24) is 10.2 Å². The molecule has 1 atom stereocenters. The fraction of sp³-hybridized carbons (Fsp3) is 0.857. The lowest BCUT2D eigenvalue weighted by Gasteiger charge is -2.34. The molecule has 1 fully saturated rings. The van der Waals surface area contributed by atoms with Crippen LogP contribution in [0.2, 0.25) is 0 Å². The van der Waals surface area contributed by atoms with Crippen LogP contribution in [0.3, 0.4) is 0 Å². The van der Waals surface area contributed by atoms with E-state index in [1.807, 2.05) is 6.26 Å². The van der Waals surface area contributed by atoms with Crippen LogP contribution in [0.5, 0.6) is 0 Å². The average Bonchev–Trinajstić information content (AvgIpc) is 2.42. The van der Waals surface area contributed by atoms with Crippen molar-refractivity contribution in [3.05, 3.63) is 0 Å². The summed E-state index contributed by atoms with van der Waals surface area (Å²) >= 11 is 1.59. The van der Waals surface area contributed by atoms with Gasteiger partial charge in [0.15, 0.2) is 0 Å². The minimum absolute atomic E-state index is 0.235. The molecule has 0 spiro atoms. The lowest BCUT2D eigenvalue weighted by atomic mass is 9.87. The zero-order chi connectivity index (χ0) is 15.1. The predicted octanol–water partition coefficient (Wildman–Crippen LogP) is 2.27. The summed E-state index contributed by atoms with van der Waals surface area (Å²) in [6, 6.07) is -1.02. The van der Waals surface area contributed by atoms with E-state index >= 15 is 0 Å². The topological polar surface area (TPSA) is 69.6 Å². The summed E-state index contributed by atoms with van der Waals surface area (Å²) in [5.74, 6) is 1.09. The Morgan fingerprint density at radius 3 is 2.40 bits per heavy atom. The fourth-order valence-corrected chi connectivity index (χ4v) is 2.97. The van der Waals surface area contributed by atoms with Gasteiger partial charge in [-0.3, -0.25) is 0 Å². The van der Waals surface area contributed by atoms with Gasteiger partial charge in [-0.25, -0.2) is 9.59 Å². The van der Waals surface area contributed by atoms with Crippen LogP contribution in [-0.2, 0) is 4.79 Å². The highest BCUT2D eigenvalue weighted by Gasteiger charge is 2.27. The molecule has 20 heavy (non-hydrogen) atoms. The lowest BCUT2D eigenvalue weighted by molar-refractivity contribution is -0.139. The highest BCUT2D eigenvalue weighted by molar-refractivity contribution is 7.98. The van der Waals surface area contributed by atoms with Crippen LogP contribution in [0, 0.1) is 11.8 Å². The molecule has 1 aliphatic heterocycles. The summed E-state index contributed by atoms with van der Waals surface area (Å²) in [4.78, 5) is 25.0. The number of piperidine rings is 1. The van der Waals surface area contributed by atoms with Crippen LogP contribution in [-0.4, -0.2) is 53.1 Å². The first-order valence-corrected chi connectivity index (χ1v) is 8.62. The number of carbonyl (C=O) groups is 2. The van der Waals surface area contributed by atoms with E-state index in [4.69, 9.17) is 5.11 Å². The summed E-state index contributed by atoms with van der Waals surface area (Å²) in [6.45, 7) is 5.87. The van der Waals surface area contributed by atoms with E-state index in [2.05, 4.69) is 19.2 Å². The molecular formula is C14H26N2O3S. The minimum Gasteiger partial charge on any atom is -0.480 e. The van der Waals surface area contributed by atoms with Crippen molar-refractivity contribution in [2.45, 2.75) is 39.2 Å². The maximum Gasteiger partial charge on any atom is 0.326 e. The molecule has 0 aromatic heterocycles. The van der Waals surface area contributed by atoms with Crippen LogP contribution in [0.4, 0.5) is 4.79 Å². The number of carbonyl (C=O) groups excluding carboxylic acids is 1. The molecule has 0 aliphatic carbocycles. The smallest absolute Gasteiger partial charge is 0.326 e. The van der Waals surface area contributed by atoms with Crippen LogP contribution < -0.4 is 5.32 Å².